The van der Waals surface area contributed by atoms with Gasteiger partial charge in [-0.3, -0.25) is 14.5 Å². The number of alkyl halides is 6. The van der Waals surface area contributed by atoms with Gasteiger partial charge in [-0.2, -0.15) is 18.3 Å². The number of nitrogens with zero attached hydrogens (tertiary/aromatic N) is 5. The maximum absolute atomic E-state index is 15.1. The number of nitrogens with one attached hydrogen (secondary N) is 1. The number of nitrogen functional groups attached to an aromatic ring is 1. The van der Waals surface area contributed by atoms with Gasteiger partial charge in [0.05, 0.1) is 31.4 Å². The van der Waals surface area contributed by atoms with Gasteiger partial charge in [0.25, 0.3) is 17.7 Å². The van der Waals surface area contributed by atoms with Gasteiger partial charge in [0.1, 0.15) is 23.8 Å². The summed E-state index contributed by atoms with van der Waals surface area (Å²) >= 11 is 0. The molecule has 10 nitrogen and oxygen atoms in total. The molecule has 0 radical (unpaired) electrons. The summed E-state index contributed by atoms with van der Waals surface area (Å²) in [6, 6.07) is 2.50. The van der Waals surface area contributed by atoms with Crippen LogP contribution in [0.25, 0.3) is 16.8 Å². The van der Waals surface area contributed by atoms with Crippen molar-refractivity contribution >= 4 is 23.1 Å². The number of anilines is 1. The number of amides is 2. The van der Waals surface area contributed by atoms with Crippen LogP contribution in [0.5, 0.6) is 0 Å². The maximum Gasteiger partial charge on any atom is 0.426 e. The normalized spacial score (nSPS) is 22.0. The summed E-state index contributed by atoms with van der Waals surface area (Å²) in [6.07, 6.45) is -6.16. The van der Waals surface area contributed by atoms with E-state index in [0.717, 1.165) is 12.4 Å². The van der Waals surface area contributed by atoms with Gasteiger partial charge < -0.3 is 21.1 Å². The Morgan fingerprint density at radius 2 is 1.86 bits per heavy atom. The molecule has 1 aromatic carbocycles. The van der Waals surface area contributed by atoms with Gasteiger partial charge in [-0.15, -0.1) is 0 Å². The third-order valence-corrected chi connectivity index (χ3v) is 7.67. The molecule has 3 atom stereocenters. The second-order valence-electron chi connectivity index (χ2n) is 11.0. The van der Waals surface area contributed by atoms with E-state index in [4.69, 9.17) is 5.73 Å². The molecule has 2 fully saturated rings. The minimum atomic E-state index is -5.31. The van der Waals surface area contributed by atoms with Gasteiger partial charge in [-0.25, -0.2) is 27.1 Å². The first-order valence-corrected chi connectivity index (χ1v) is 12.9. The van der Waals surface area contributed by atoms with Crippen LogP contribution in [0.1, 0.15) is 28.4 Å². The van der Waals surface area contributed by atoms with Crippen LogP contribution < -0.4 is 11.1 Å². The molecular weight excluding hydrogens is 591 g/mol. The van der Waals surface area contributed by atoms with Gasteiger partial charge in [0, 0.05) is 24.2 Å². The fourth-order valence-electron chi connectivity index (χ4n) is 5.24. The molecule has 0 bridgehead atoms. The van der Waals surface area contributed by atoms with E-state index in [9.17, 15) is 41.0 Å². The zero-order valence-corrected chi connectivity index (χ0v) is 22.7. The topological polar surface area (TPSA) is 129 Å². The van der Waals surface area contributed by atoms with Crippen molar-refractivity contribution in [1.82, 2.24) is 29.7 Å². The number of hydrogen-bond acceptors (Lipinski definition) is 7. The summed E-state index contributed by atoms with van der Waals surface area (Å²) < 4.78 is 97.4. The van der Waals surface area contributed by atoms with Gasteiger partial charge in [-0.05, 0) is 43.2 Å². The van der Waals surface area contributed by atoms with Gasteiger partial charge in [0.2, 0.25) is 5.60 Å². The average Bonchev–Trinajstić information content (AvgIpc) is 3.44. The lowest BCUT2D eigenvalue weighted by molar-refractivity contribution is -0.249. The van der Waals surface area contributed by atoms with Crippen molar-refractivity contribution in [2.45, 2.75) is 50.3 Å². The fraction of sp³-hybridized carbons (Fsp3) is 0.462. The first-order chi connectivity index (χ1) is 19.9. The van der Waals surface area contributed by atoms with E-state index in [1.807, 2.05) is 0 Å². The Morgan fingerprint density at radius 3 is 2.49 bits per heavy atom. The van der Waals surface area contributed by atoms with Crippen LogP contribution in [0.2, 0.25) is 0 Å². The molecule has 43 heavy (non-hydrogen) atoms. The van der Waals surface area contributed by atoms with Crippen LogP contribution in [-0.2, 0) is 11.3 Å². The van der Waals surface area contributed by atoms with Crippen molar-refractivity contribution in [3.05, 3.63) is 47.0 Å². The van der Waals surface area contributed by atoms with Crippen LogP contribution in [0.15, 0.2) is 24.5 Å². The SMILES string of the molecule is Cc1c(F)cc(-c2cc(CN3CC(F)(F)C3)c3c(N)ncnn23)cc1C(=O)N[C@@H]1CN(C(=O)C(C)(O)C(F)(F)F)C[C@@H]1F. The van der Waals surface area contributed by atoms with Crippen LogP contribution in [-0.4, -0.2) is 97.4 Å². The predicted octanol–water partition coefficient (Wildman–Crippen LogP) is 2.47. The minimum absolute atomic E-state index is 0.0351. The van der Waals surface area contributed by atoms with Crippen LogP contribution in [0.3, 0.4) is 0 Å². The summed E-state index contributed by atoms with van der Waals surface area (Å²) in [5.74, 6) is -6.36. The minimum Gasteiger partial charge on any atom is -0.382 e. The molecule has 0 saturated carbocycles. The molecule has 3 aromatic rings. The molecule has 2 amide bonds. The van der Waals surface area contributed by atoms with E-state index in [-0.39, 0.29) is 41.7 Å². The van der Waals surface area contributed by atoms with Crippen molar-refractivity contribution in [2.24, 2.45) is 0 Å². The van der Waals surface area contributed by atoms with Gasteiger partial charge in [0.15, 0.2) is 5.82 Å². The van der Waals surface area contributed by atoms with E-state index >= 15 is 4.39 Å². The number of nitrogens with two attached hydrogens (primary N) is 1. The van der Waals surface area contributed by atoms with Gasteiger partial charge in [-0.1, -0.05) is 0 Å². The number of fused-ring (bicyclic) bond motifs is 1. The molecule has 5 rings (SSSR count). The van der Waals surface area contributed by atoms with E-state index in [1.54, 1.807) is 6.07 Å². The number of benzene rings is 1. The summed E-state index contributed by atoms with van der Waals surface area (Å²) in [5, 5.41) is 16.1. The first-order valence-electron chi connectivity index (χ1n) is 12.9. The summed E-state index contributed by atoms with van der Waals surface area (Å²) in [4.78, 5) is 31.4. The predicted molar refractivity (Wildman–Crippen MR) is 137 cm³/mol. The van der Waals surface area contributed by atoms with E-state index in [2.05, 4.69) is 15.4 Å². The third-order valence-electron chi connectivity index (χ3n) is 7.67. The van der Waals surface area contributed by atoms with E-state index in [1.165, 1.54) is 22.4 Å². The molecule has 2 saturated heterocycles. The summed E-state index contributed by atoms with van der Waals surface area (Å²) in [7, 11) is 0. The Morgan fingerprint density at radius 1 is 1.19 bits per heavy atom. The molecule has 232 valence electrons. The number of aromatic nitrogens is 3. The van der Waals surface area contributed by atoms with Crippen LogP contribution >= 0.6 is 0 Å². The van der Waals surface area contributed by atoms with Crippen molar-refractivity contribution < 1.29 is 45.4 Å². The van der Waals surface area contributed by atoms with E-state index in [0.29, 0.717) is 16.0 Å². The second-order valence-corrected chi connectivity index (χ2v) is 11.0. The van der Waals surface area contributed by atoms with Crippen molar-refractivity contribution in [2.75, 3.05) is 31.9 Å². The first kappa shape index (κ1) is 30.5. The molecule has 4 heterocycles. The molecule has 0 aliphatic carbocycles. The molecule has 2 aromatic heterocycles. The van der Waals surface area contributed by atoms with E-state index < -0.39 is 73.7 Å². The van der Waals surface area contributed by atoms with Gasteiger partial charge >= 0.3 is 6.18 Å². The van der Waals surface area contributed by atoms with Crippen LogP contribution in [0.4, 0.5) is 36.6 Å². The van der Waals surface area contributed by atoms with Crippen molar-refractivity contribution in [1.29, 1.82) is 0 Å². The smallest absolute Gasteiger partial charge is 0.382 e. The van der Waals surface area contributed by atoms with Crippen molar-refractivity contribution in [3.8, 4) is 11.3 Å². The number of rotatable bonds is 6. The molecule has 0 spiro atoms. The highest BCUT2D eigenvalue weighted by atomic mass is 19.4. The molecule has 1 unspecified atom stereocenters. The second kappa shape index (κ2) is 10.3. The van der Waals surface area contributed by atoms with Crippen LogP contribution in [0, 0.1) is 12.7 Å². The molecular formula is C26H26F7N7O3. The number of carbonyl (C=O) groups is 2. The lowest BCUT2D eigenvalue weighted by Crippen LogP contribution is -2.56. The largest absolute Gasteiger partial charge is 0.426 e. The zero-order valence-electron chi connectivity index (χ0n) is 22.7. The Balaban J connectivity index is 1.42. The monoisotopic (exact) mass is 617 g/mol. The summed E-state index contributed by atoms with van der Waals surface area (Å²) in [5.41, 5.74) is 3.05. The number of aliphatic hydroxyl groups is 1. The zero-order chi connectivity index (χ0) is 31.6. The maximum atomic E-state index is 15.1. The number of halogens is 7. The molecule has 2 aliphatic rings. The Bertz CT molecular complexity index is 1600. The Labute approximate surface area is 239 Å². The number of carbonyl (C=O) groups excluding carboxylic acids is 2. The fourth-order valence-corrected chi connectivity index (χ4v) is 5.24. The Hall–Kier alpha value is -3.99. The molecule has 17 heteroatoms. The molecule has 2 aliphatic heterocycles. The molecule has 4 N–H and O–H groups in total. The summed E-state index contributed by atoms with van der Waals surface area (Å²) in [6.45, 7) is -0.815. The lowest BCUT2D eigenvalue weighted by Gasteiger charge is -2.38. The quantitative estimate of drug-likeness (QED) is 0.363. The highest BCUT2D eigenvalue weighted by Crippen LogP contribution is 2.35. The third kappa shape index (κ3) is 5.46. The number of hydrogen-bond donors (Lipinski definition) is 3. The highest BCUT2D eigenvalue weighted by molar-refractivity contribution is 5.97. The Kier molecular flexibility index (Phi) is 7.32. The lowest BCUT2D eigenvalue weighted by atomic mass is 10.0. The average molecular weight is 618 g/mol. The highest BCUT2D eigenvalue weighted by Gasteiger charge is 2.58. The van der Waals surface area contributed by atoms with Crippen molar-refractivity contribution in [3.63, 3.8) is 0 Å². The number of likely N-dealkylation sites (tertiary alicyclic amines) is 2. The standard InChI is InChI=1S/C26H26F7N7O3/c1-12-15(22(41)37-18-8-39(7-17(18)28)23(42)24(2,43)26(31,32)33)3-13(4-16(12)27)19-5-14(6-38-9-25(29,30)10-38)20-21(34)35-11-36-40(19)20/h3-5,11,17-18,43H,6-10H2,1-2H3,(H,37,41)(H2,34,35,36)/t17-,18+,24?/m0/s1.